The number of imidazole rings is 1. The molecule has 98 valence electrons. The fourth-order valence-corrected chi connectivity index (χ4v) is 2.88. The van der Waals surface area contributed by atoms with E-state index in [2.05, 4.69) is 42.9 Å². The molecule has 6 heteroatoms. The van der Waals surface area contributed by atoms with Crippen LogP contribution in [-0.4, -0.2) is 38.9 Å². The molecule has 0 radical (unpaired) electrons. The molecule has 1 aliphatic heterocycles. The molecule has 1 aliphatic rings. The summed E-state index contributed by atoms with van der Waals surface area (Å²) in [6.07, 6.45) is 6.77. The lowest BCUT2D eigenvalue weighted by molar-refractivity contribution is 0.552. The molecule has 0 aromatic carbocycles. The Kier molecular flexibility index (Phi) is 2.25. The van der Waals surface area contributed by atoms with Crippen LogP contribution in [0.2, 0.25) is 0 Å². The van der Waals surface area contributed by atoms with Gasteiger partial charge in [0.1, 0.15) is 23.0 Å². The van der Waals surface area contributed by atoms with Crippen LogP contribution in [0.25, 0.3) is 22.1 Å². The standard InChI is InChI=1S/C13H16N6/c1-2-9-5-14-7-18(9)19-8-17-11-6-16-13-10(12(11)19)3-4-15-13/h3-4,6,8-9,14H,2,5,7H2,1H3,(H,15,16). The summed E-state index contributed by atoms with van der Waals surface area (Å²) in [5.41, 5.74) is 2.98. The second kappa shape index (κ2) is 3.96. The molecule has 0 saturated carbocycles. The fourth-order valence-electron chi connectivity index (χ4n) is 2.88. The average Bonchev–Trinajstić information content (AvgIpc) is 3.15. The number of hydrogen-bond acceptors (Lipinski definition) is 4. The van der Waals surface area contributed by atoms with Crippen molar-refractivity contribution in [3.63, 3.8) is 0 Å². The molecular weight excluding hydrogens is 240 g/mol. The highest BCUT2D eigenvalue weighted by Crippen LogP contribution is 2.23. The zero-order chi connectivity index (χ0) is 12.8. The van der Waals surface area contributed by atoms with Gasteiger partial charge in [-0.3, -0.25) is 10.3 Å². The van der Waals surface area contributed by atoms with E-state index in [1.54, 1.807) is 0 Å². The lowest BCUT2D eigenvalue weighted by atomic mass is 10.2. The third kappa shape index (κ3) is 1.46. The highest BCUT2D eigenvalue weighted by Gasteiger charge is 2.24. The topological polar surface area (TPSA) is 61.8 Å². The summed E-state index contributed by atoms with van der Waals surface area (Å²) in [4.78, 5) is 12.0. The van der Waals surface area contributed by atoms with Gasteiger partial charge < -0.3 is 4.98 Å². The van der Waals surface area contributed by atoms with Crippen molar-refractivity contribution in [2.45, 2.75) is 19.4 Å². The quantitative estimate of drug-likeness (QED) is 0.723. The number of H-pyrrole nitrogens is 1. The maximum atomic E-state index is 4.48. The van der Waals surface area contributed by atoms with Crippen LogP contribution in [0.15, 0.2) is 24.8 Å². The SMILES string of the molecule is CCC1CNCN1n1cnc2cnc3[nH]ccc3c21. The highest BCUT2D eigenvalue weighted by molar-refractivity contribution is 6.01. The minimum atomic E-state index is 0.513. The normalized spacial score (nSPS) is 19.8. The van der Waals surface area contributed by atoms with E-state index in [-0.39, 0.29) is 0 Å². The van der Waals surface area contributed by atoms with Crippen LogP contribution < -0.4 is 10.3 Å². The number of aromatic amines is 1. The molecule has 3 aromatic rings. The molecule has 1 fully saturated rings. The Hall–Kier alpha value is -2.08. The lowest BCUT2D eigenvalue weighted by Gasteiger charge is -2.26. The molecule has 1 atom stereocenters. The average molecular weight is 256 g/mol. The van der Waals surface area contributed by atoms with Crippen LogP contribution in [0.4, 0.5) is 0 Å². The van der Waals surface area contributed by atoms with Gasteiger partial charge in [0.2, 0.25) is 0 Å². The molecule has 0 bridgehead atoms. The van der Waals surface area contributed by atoms with Crippen LogP contribution in [0.5, 0.6) is 0 Å². The number of pyridine rings is 1. The second-order valence-corrected chi connectivity index (χ2v) is 4.93. The van der Waals surface area contributed by atoms with Crippen molar-refractivity contribution in [3.05, 3.63) is 24.8 Å². The van der Waals surface area contributed by atoms with Crippen molar-refractivity contribution in [1.82, 2.24) is 24.9 Å². The zero-order valence-electron chi connectivity index (χ0n) is 10.8. The van der Waals surface area contributed by atoms with Gasteiger partial charge in [0.05, 0.1) is 18.9 Å². The van der Waals surface area contributed by atoms with Crippen molar-refractivity contribution < 1.29 is 0 Å². The number of aromatic nitrogens is 4. The Morgan fingerprint density at radius 3 is 3.26 bits per heavy atom. The van der Waals surface area contributed by atoms with Gasteiger partial charge in [-0.2, -0.15) is 0 Å². The predicted molar refractivity (Wildman–Crippen MR) is 74.6 cm³/mol. The van der Waals surface area contributed by atoms with Crippen LogP contribution in [0.3, 0.4) is 0 Å². The van der Waals surface area contributed by atoms with Gasteiger partial charge >= 0.3 is 0 Å². The van der Waals surface area contributed by atoms with Gasteiger partial charge in [-0.1, -0.05) is 6.92 Å². The van der Waals surface area contributed by atoms with Gasteiger partial charge in [0, 0.05) is 18.1 Å². The van der Waals surface area contributed by atoms with Gasteiger partial charge in [0.15, 0.2) is 0 Å². The first-order valence-electron chi connectivity index (χ1n) is 6.65. The number of nitrogens with one attached hydrogen (secondary N) is 2. The molecule has 2 N–H and O–H groups in total. The molecule has 4 rings (SSSR count). The molecule has 6 nitrogen and oxygen atoms in total. The Balaban J connectivity index is 1.96. The van der Waals surface area contributed by atoms with E-state index in [4.69, 9.17) is 0 Å². The van der Waals surface area contributed by atoms with Gasteiger partial charge in [-0.15, -0.1) is 0 Å². The summed E-state index contributed by atoms with van der Waals surface area (Å²) in [6, 6.07) is 2.58. The van der Waals surface area contributed by atoms with Gasteiger partial charge in [-0.05, 0) is 12.5 Å². The van der Waals surface area contributed by atoms with E-state index in [1.165, 1.54) is 0 Å². The van der Waals surface area contributed by atoms with Crippen molar-refractivity contribution in [1.29, 1.82) is 0 Å². The van der Waals surface area contributed by atoms with E-state index in [1.807, 2.05) is 18.7 Å². The van der Waals surface area contributed by atoms with Crippen molar-refractivity contribution >= 4 is 22.1 Å². The molecule has 1 unspecified atom stereocenters. The van der Waals surface area contributed by atoms with E-state index in [0.717, 1.165) is 41.7 Å². The third-order valence-electron chi connectivity index (χ3n) is 3.90. The zero-order valence-corrected chi connectivity index (χ0v) is 10.8. The van der Waals surface area contributed by atoms with Gasteiger partial charge in [0.25, 0.3) is 0 Å². The van der Waals surface area contributed by atoms with E-state index in [0.29, 0.717) is 6.04 Å². The number of nitrogens with zero attached hydrogens (tertiary/aromatic N) is 4. The van der Waals surface area contributed by atoms with Crippen LogP contribution in [-0.2, 0) is 0 Å². The molecule has 0 spiro atoms. The van der Waals surface area contributed by atoms with Crippen molar-refractivity contribution in [2.75, 3.05) is 18.2 Å². The van der Waals surface area contributed by atoms with Crippen LogP contribution in [0, 0.1) is 0 Å². The first-order chi connectivity index (χ1) is 9.38. The smallest absolute Gasteiger partial charge is 0.139 e. The molecular formula is C13H16N6. The van der Waals surface area contributed by atoms with E-state index >= 15 is 0 Å². The monoisotopic (exact) mass is 256 g/mol. The number of rotatable bonds is 2. The first-order valence-corrected chi connectivity index (χ1v) is 6.65. The van der Waals surface area contributed by atoms with E-state index in [9.17, 15) is 0 Å². The highest BCUT2D eigenvalue weighted by atomic mass is 15.6. The molecule has 0 amide bonds. The molecule has 19 heavy (non-hydrogen) atoms. The summed E-state index contributed by atoms with van der Waals surface area (Å²) in [6.45, 7) is 4.10. The van der Waals surface area contributed by atoms with Crippen molar-refractivity contribution in [2.24, 2.45) is 0 Å². The summed E-state index contributed by atoms with van der Waals surface area (Å²) < 4.78 is 2.17. The van der Waals surface area contributed by atoms with Crippen LogP contribution in [0.1, 0.15) is 13.3 Å². The largest absolute Gasteiger partial charge is 0.346 e. The Morgan fingerprint density at radius 2 is 2.37 bits per heavy atom. The number of fused-ring (bicyclic) bond motifs is 3. The molecule has 1 saturated heterocycles. The molecule has 4 heterocycles. The van der Waals surface area contributed by atoms with Gasteiger partial charge in [-0.25, -0.2) is 14.6 Å². The number of hydrogen-bond donors (Lipinski definition) is 2. The minimum absolute atomic E-state index is 0.513. The lowest BCUT2D eigenvalue weighted by Crippen LogP contribution is -2.39. The summed E-state index contributed by atoms with van der Waals surface area (Å²) in [7, 11) is 0. The Bertz CT molecular complexity index is 727. The molecule has 0 aliphatic carbocycles. The summed E-state index contributed by atoms with van der Waals surface area (Å²) in [5.74, 6) is 0. The predicted octanol–water partition coefficient (Wildman–Crippen LogP) is 1.19. The van der Waals surface area contributed by atoms with E-state index < -0.39 is 0 Å². The fraction of sp³-hybridized carbons (Fsp3) is 0.385. The Morgan fingerprint density at radius 1 is 1.42 bits per heavy atom. The summed E-state index contributed by atoms with van der Waals surface area (Å²) >= 11 is 0. The van der Waals surface area contributed by atoms with Crippen molar-refractivity contribution in [3.8, 4) is 0 Å². The Labute approximate surface area is 110 Å². The first kappa shape index (κ1) is 10.8. The maximum absolute atomic E-state index is 4.48. The van der Waals surface area contributed by atoms with Crippen LogP contribution >= 0.6 is 0 Å². The minimum Gasteiger partial charge on any atom is -0.346 e. The summed E-state index contributed by atoms with van der Waals surface area (Å²) in [5, 5.41) is 6.88. The maximum Gasteiger partial charge on any atom is 0.139 e. The second-order valence-electron chi connectivity index (χ2n) is 4.93. The third-order valence-corrected chi connectivity index (χ3v) is 3.90. The molecule has 3 aromatic heterocycles.